The van der Waals surface area contributed by atoms with Crippen molar-refractivity contribution < 1.29 is 9.53 Å². The fourth-order valence-corrected chi connectivity index (χ4v) is 5.37. The smallest absolute Gasteiger partial charge is 0.248 e. The van der Waals surface area contributed by atoms with Crippen LogP contribution < -0.4 is 4.90 Å². The van der Waals surface area contributed by atoms with Gasteiger partial charge in [-0.25, -0.2) is 4.98 Å². The van der Waals surface area contributed by atoms with Gasteiger partial charge in [0, 0.05) is 13.0 Å². The van der Waals surface area contributed by atoms with Crippen LogP contribution in [0, 0.1) is 6.92 Å². The Hall–Kier alpha value is -2.70. The van der Waals surface area contributed by atoms with Crippen molar-refractivity contribution in [1.82, 2.24) is 14.5 Å². The summed E-state index contributed by atoms with van der Waals surface area (Å²) < 4.78 is 7.91. The molecule has 0 aliphatic carbocycles. The van der Waals surface area contributed by atoms with Crippen molar-refractivity contribution in [3.8, 4) is 0 Å². The molecule has 0 saturated carbocycles. The highest BCUT2D eigenvalue weighted by Crippen LogP contribution is 2.27. The van der Waals surface area contributed by atoms with E-state index < -0.39 is 0 Å². The summed E-state index contributed by atoms with van der Waals surface area (Å²) in [5.41, 5.74) is 5.21. The van der Waals surface area contributed by atoms with Crippen LogP contribution in [-0.4, -0.2) is 53.3 Å². The van der Waals surface area contributed by atoms with Crippen molar-refractivity contribution in [2.24, 2.45) is 0 Å². The zero-order valence-corrected chi connectivity index (χ0v) is 22.3. The summed E-state index contributed by atoms with van der Waals surface area (Å²) in [6.07, 6.45) is 8.11. The Morgan fingerprint density at radius 2 is 1.81 bits per heavy atom. The van der Waals surface area contributed by atoms with E-state index in [1.165, 1.54) is 38.8 Å². The Kier molecular flexibility index (Phi) is 9.54. The largest absolute Gasteiger partial charge is 0.361 e. The molecule has 4 rings (SSSR count). The summed E-state index contributed by atoms with van der Waals surface area (Å²) in [6, 6.07) is 14.4. The van der Waals surface area contributed by atoms with Crippen LogP contribution in [0.15, 0.2) is 42.5 Å². The maximum atomic E-state index is 13.9. The standard InChI is InChI=1S/C30H42N4O2/c1-4-25-15-12-14-24(3)30(25)34(23-36-5-2)29(35)22-33-27-17-9-8-16-26(27)31-28(33)18-13-21-32-19-10-6-7-11-20-32/h8-9,12,14-17H,4-7,10-11,13,18-23H2,1-3H3. The lowest BCUT2D eigenvalue weighted by Gasteiger charge is -2.27. The molecule has 6 nitrogen and oxygen atoms in total. The first kappa shape index (κ1) is 26.4. The lowest BCUT2D eigenvalue weighted by molar-refractivity contribution is -0.120. The van der Waals surface area contributed by atoms with E-state index in [4.69, 9.17) is 9.72 Å². The van der Waals surface area contributed by atoms with Gasteiger partial charge in [-0.1, -0.05) is 50.1 Å². The van der Waals surface area contributed by atoms with Gasteiger partial charge in [0.2, 0.25) is 5.91 Å². The molecule has 0 atom stereocenters. The van der Waals surface area contributed by atoms with Gasteiger partial charge in [0.25, 0.3) is 0 Å². The highest BCUT2D eigenvalue weighted by atomic mass is 16.5. The molecule has 1 saturated heterocycles. The van der Waals surface area contributed by atoms with Crippen molar-refractivity contribution in [2.75, 3.05) is 37.9 Å². The van der Waals surface area contributed by atoms with Gasteiger partial charge < -0.3 is 14.2 Å². The number of carbonyl (C=O) groups is 1. The van der Waals surface area contributed by atoms with Crippen LogP contribution in [0.4, 0.5) is 5.69 Å². The first-order chi connectivity index (χ1) is 17.6. The van der Waals surface area contributed by atoms with Crippen molar-refractivity contribution in [1.29, 1.82) is 0 Å². The molecule has 2 heterocycles. The number of aromatic nitrogens is 2. The monoisotopic (exact) mass is 490 g/mol. The van der Waals surface area contributed by atoms with Gasteiger partial charge in [0.1, 0.15) is 19.1 Å². The second kappa shape index (κ2) is 13.0. The number of para-hydroxylation sites is 3. The predicted octanol–water partition coefficient (Wildman–Crippen LogP) is 5.74. The molecular weight excluding hydrogens is 448 g/mol. The van der Waals surface area contributed by atoms with Crippen LogP contribution in [0.1, 0.15) is 62.9 Å². The Morgan fingerprint density at radius 3 is 2.56 bits per heavy atom. The van der Waals surface area contributed by atoms with Gasteiger partial charge in [0.05, 0.1) is 16.7 Å². The van der Waals surface area contributed by atoms with E-state index in [0.29, 0.717) is 6.61 Å². The molecule has 0 spiro atoms. The van der Waals surface area contributed by atoms with Gasteiger partial charge in [-0.2, -0.15) is 0 Å². The highest BCUT2D eigenvalue weighted by molar-refractivity contribution is 5.95. The third-order valence-electron chi connectivity index (χ3n) is 7.30. The average Bonchev–Trinajstić information content (AvgIpc) is 3.04. The fourth-order valence-electron chi connectivity index (χ4n) is 5.37. The van der Waals surface area contributed by atoms with E-state index in [-0.39, 0.29) is 19.2 Å². The summed E-state index contributed by atoms with van der Waals surface area (Å²) >= 11 is 0. The lowest BCUT2D eigenvalue weighted by Crippen LogP contribution is -2.37. The number of imidazole rings is 1. The molecule has 0 unspecified atom stereocenters. The van der Waals surface area contributed by atoms with Crippen molar-refractivity contribution in [3.05, 3.63) is 59.4 Å². The molecular formula is C30H42N4O2. The summed E-state index contributed by atoms with van der Waals surface area (Å²) in [5.74, 6) is 1.03. The molecule has 1 amide bonds. The highest BCUT2D eigenvalue weighted by Gasteiger charge is 2.23. The third kappa shape index (κ3) is 6.34. The van der Waals surface area contributed by atoms with Crippen LogP contribution in [0.5, 0.6) is 0 Å². The molecule has 1 aliphatic rings. The molecule has 1 aromatic heterocycles. The Bertz CT molecular complexity index is 1130. The molecule has 1 aliphatic heterocycles. The summed E-state index contributed by atoms with van der Waals surface area (Å²) in [5, 5.41) is 0. The first-order valence-electron chi connectivity index (χ1n) is 13.8. The zero-order chi connectivity index (χ0) is 25.3. The Balaban J connectivity index is 1.57. The average molecular weight is 491 g/mol. The van der Waals surface area contributed by atoms with Crippen LogP contribution in [-0.2, 0) is 28.9 Å². The second-order valence-electron chi connectivity index (χ2n) is 9.84. The fraction of sp³-hybridized carbons (Fsp3) is 0.533. The van der Waals surface area contributed by atoms with Crippen LogP contribution in [0.25, 0.3) is 11.0 Å². The third-order valence-corrected chi connectivity index (χ3v) is 7.30. The Labute approximate surface area is 216 Å². The number of rotatable bonds is 11. The van der Waals surface area contributed by atoms with Gasteiger partial charge in [0.15, 0.2) is 0 Å². The quantitative estimate of drug-likeness (QED) is 0.322. The molecule has 0 N–H and O–H groups in total. The number of likely N-dealkylation sites (tertiary alicyclic amines) is 1. The minimum atomic E-state index is 0.0318. The molecule has 1 fully saturated rings. The van der Waals surface area contributed by atoms with Gasteiger partial charge in [-0.05, 0) is 82.4 Å². The number of carbonyl (C=O) groups excluding carboxylic acids is 1. The van der Waals surface area contributed by atoms with E-state index in [1.54, 1.807) is 0 Å². The van der Waals surface area contributed by atoms with Gasteiger partial charge >= 0.3 is 0 Å². The number of anilines is 1. The number of amides is 1. The lowest BCUT2D eigenvalue weighted by atomic mass is 10.0. The van der Waals surface area contributed by atoms with Gasteiger partial charge in [-0.15, -0.1) is 0 Å². The zero-order valence-electron chi connectivity index (χ0n) is 22.3. The van der Waals surface area contributed by atoms with Gasteiger partial charge in [-0.3, -0.25) is 9.69 Å². The summed E-state index contributed by atoms with van der Waals surface area (Å²) in [4.78, 5) is 23.3. The number of aryl methyl sites for hydroxylation is 3. The van der Waals surface area contributed by atoms with E-state index >= 15 is 0 Å². The maximum Gasteiger partial charge on any atom is 0.248 e. The molecule has 0 radical (unpaired) electrons. The number of ether oxygens (including phenoxy) is 1. The van der Waals surface area contributed by atoms with Crippen molar-refractivity contribution >= 4 is 22.6 Å². The molecule has 194 valence electrons. The normalized spacial score (nSPS) is 14.8. The van der Waals surface area contributed by atoms with Crippen LogP contribution >= 0.6 is 0 Å². The molecule has 36 heavy (non-hydrogen) atoms. The minimum absolute atomic E-state index is 0.0318. The first-order valence-corrected chi connectivity index (χ1v) is 13.8. The second-order valence-corrected chi connectivity index (χ2v) is 9.84. The topological polar surface area (TPSA) is 50.6 Å². The van der Waals surface area contributed by atoms with E-state index in [1.807, 2.05) is 30.0 Å². The summed E-state index contributed by atoms with van der Waals surface area (Å²) in [7, 11) is 0. The maximum absolute atomic E-state index is 13.9. The molecule has 6 heteroatoms. The van der Waals surface area contributed by atoms with Crippen LogP contribution in [0.2, 0.25) is 0 Å². The number of hydrogen-bond acceptors (Lipinski definition) is 4. The van der Waals surface area contributed by atoms with Crippen LogP contribution in [0.3, 0.4) is 0 Å². The van der Waals surface area contributed by atoms with E-state index in [2.05, 4.69) is 47.6 Å². The minimum Gasteiger partial charge on any atom is -0.361 e. The predicted molar refractivity (Wildman–Crippen MR) is 147 cm³/mol. The molecule has 2 aromatic carbocycles. The molecule has 0 bridgehead atoms. The van der Waals surface area contributed by atoms with E-state index in [9.17, 15) is 4.79 Å². The van der Waals surface area contributed by atoms with Crippen molar-refractivity contribution in [3.63, 3.8) is 0 Å². The molecule has 3 aromatic rings. The Morgan fingerprint density at radius 1 is 1.03 bits per heavy atom. The van der Waals surface area contributed by atoms with E-state index in [0.717, 1.165) is 59.5 Å². The number of hydrogen-bond donors (Lipinski definition) is 0. The number of fused-ring (bicyclic) bond motifs is 1. The SMILES string of the molecule is CCOCN(C(=O)Cn1c(CCCN2CCCCCC2)nc2ccccc21)c1c(C)cccc1CC. The van der Waals surface area contributed by atoms with Crippen molar-refractivity contribution in [2.45, 2.75) is 72.3 Å². The number of benzene rings is 2. The number of nitrogens with zero attached hydrogens (tertiary/aromatic N) is 4. The summed E-state index contributed by atoms with van der Waals surface area (Å²) in [6.45, 7) is 10.7.